The summed E-state index contributed by atoms with van der Waals surface area (Å²) >= 11 is 1.44. The summed E-state index contributed by atoms with van der Waals surface area (Å²) in [6.45, 7) is 0.375. The minimum absolute atomic E-state index is 0.171. The van der Waals surface area contributed by atoms with E-state index < -0.39 is 0 Å². The van der Waals surface area contributed by atoms with Crippen molar-refractivity contribution < 1.29 is 9.53 Å². The molecule has 0 aliphatic rings. The Hall–Kier alpha value is -1.86. The van der Waals surface area contributed by atoms with Crippen molar-refractivity contribution in [3.05, 3.63) is 41.9 Å². The third kappa shape index (κ3) is 3.62. The number of nitrogens with one attached hydrogen (secondary N) is 1. The molecular weight excluding hydrogens is 288 g/mol. The lowest BCUT2D eigenvalue weighted by Gasteiger charge is -2.18. The smallest absolute Gasteiger partial charge is 0.254 e. The fourth-order valence-electron chi connectivity index (χ4n) is 2.06. The van der Waals surface area contributed by atoms with Crippen molar-refractivity contribution in [3.63, 3.8) is 0 Å². The van der Waals surface area contributed by atoms with Gasteiger partial charge < -0.3 is 10.1 Å². The number of hydrogen-bond acceptors (Lipinski definition) is 5. The number of rotatable bonds is 6. The Morgan fingerprint density at radius 3 is 2.90 bits per heavy atom. The first-order valence-corrected chi connectivity index (χ1v) is 7.66. The molecule has 0 aliphatic carbocycles. The van der Waals surface area contributed by atoms with Gasteiger partial charge in [0.25, 0.3) is 5.91 Å². The van der Waals surface area contributed by atoms with Crippen LogP contribution in [0.3, 0.4) is 0 Å². The van der Waals surface area contributed by atoms with Gasteiger partial charge in [-0.2, -0.15) is 5.10 Å². The van der Waals surface area contributed by atoms with Crippen molar-refractivity contribution in [2.45, 2.75) is 11.1 Å². The molecule has 7 heteroatoms. The highest BCUT2D eigenvalue weighted by molar-refractivity contribution is 7.98. The zero-order valence-electron chi connectivity index (χ0n) is 12.2. The van der Waals surface area contributed by atoms with Gasteiger partial charge in [0.2, 0.25) is 0 Å². The quantitative estimate of drug-likeness (QED) is 0.822. The highest BCUT2D eigenvalue weighted by atomic mass is 32.2. The Morgan fingerprint density at radius 1 is 1.48 bits per heavy atom. The normalized spacial score (nSPS) is 12.1. The van der Waals surface area contributed by atoms with Crippen molar-refractivity contribution in [1.82, 2.24) is 20.1 Å². The second-order valence-electron chi connectivity index (χ2n) is 4.42. The molecule has 0 saturated carbocycles. The number of pyridine rings is 1. The summed E-state index contributed by atoms with van der Waals surface area (Å²) in [5, 5.41) is 7.81. The molecule has 21 heavy (non-hydrogen) atoms. The number of hydrogen-bond donors (Lipinski definition) is 1. The van der Waals surface area contributed by atoms with Gasteiger partial charge in [0.15, 0.2) is 0 Å². The molecule has 1 N–H and O–H groups in total. The molecule has 2 aromatic heterocycles. The second-order valence-corrected chi connectivity index (χ2v) is 5.22. The molecular formula is C14H18N4O2S. The van der Waals surface area contributed by atoms with Crippen molar-refractivity contribution >= 4 is 17.7 Å². The third-order valence-corrected chi connectivity index (χ3v) is 3.78. The SMILES string of the molecule is COC[C@H](NC(=O)c1cccnc1SC)c1ccnn1C. The molecule has 0 aromatic carbocycles. The maximum absolute atomic E-state index is 12.5. The minimum atomic E-state index is -0.259. The summed E-state index contributed by atoms with van der Waals surface area (Å²) in [6.07, 6.45) is 5.27. The molecule has 0 fully saturated rings. The molecule has 0 aliphatic heterocycles. The number of amides is 1. The van der Waals surface area contributed by atoms with E-state index in [1.54, 1.807) is 36.3 Å². The van der Waals surface area contributed by atoms with E-state index in [1.165, 1.54) is 11.8 Å². The highest BCUT2D eigenvalue weighted by Crippen LogP contribution is 2.19. The zero-order valence-corrected chi connectivity index (χ0v) is 13.1. The van der Waals surface area contributed by atoms with Gasteiger partial charge in [-0.25, -0.2) is 4.98 Å². The monoisotopic (exact) mass is 306 g/mol. The van der Waals surface area contributed by atoms with E-state index in [9.17, 15) is 4.79 Å². The number of aryl methyl sites for hydroxylation is 1. The summed E-state index contributed by atoms with van der Waals surface area (Å²) in [7, 11) is 3.44. The van der Waals surface area contributed by atoms with E-state index in [2.05, 4.69) is 15.4 Å². The number of ether oxygens (including phenoxy) is 1. The summed E-state index contributed by atoms with van der Waals surface area (Å²) in [6, 6.07) is 5.12. The fourth-order valence-corrected chi connectivity index (χ4v) is 2.60. The Balaban J connectivity index is 2.21. The van der Waals surface area contributed by atoms with E-state index in [0.29, 0.717) is 17.2 Å². The van der Waals surface area contributed by atoms with Crippen LogP contribution in [0.2, 0.25) is 0 Å². The van der Waals surface area contributed by atoms with Crippen LogP contribution in [0.1, 0.15) is 22.1 Å². The van der Waals surface area contributed by atoms with Gasteiger partial charge >= 0.3 is 0 Å². The Labute approximate surface area is 127 Å². The molecule has 112 valence electrons. The minimum Gasteiger partial charge on any atom is -0.382 e. The van der Waals surface area contributed by atoms with Crippen molar-refractivity contribution in [1.29, 1.82) is 0 Å². The Bertz CT molecular complexity index is 615. The number of carbonyl (C=O) groups excluding carboxylic acids is 1. The van der Waals surface area contributed by atoms with E-state index in [-0.39, 0.29) is 11.9 Å². The lowest BCUT2D eigenvalue weighted by Crippen LogP contribution is -2.33. The first kappa shape index (κ1) is 15.5. The molecule has 2 aromatic rings. The van der Waals surface area contributed by atoms with Crippen LogP contribution in [0.5, 0.6) is 0 Å². The first-order chi connectivity index (χ1) is 10.2. The summed E-state index contributed by atoms with van der Waals surface area (Å²) in [4.78, 5) is 16.7. The molecule has 0 saturated heterocycles. The van der Waals surface area contributed by atoms with Crippen molar-refractivity contribution in [2.24, 2.45) is 7.05 Å². The summed E-state index contributed by atoms with van der Waals surface area (Å²) < 4.78 is 6.92. The van der Waals surface area contributed by atoms with Gasteiger partial charge in [0.05, 0.1) is 23.9 Å². The molecule has 0 radical (unpaired) electrons. The maximum Gasteiger partial charge on any atom is 0.254 e. The van der Waals surface area contributed by atoms with Gasteiger partial charge in [-0.15, -0.1) is 11.8 Å². The highest BCUT2D eigenvalue weighted by Gasteiger charge is 2.20. The number of nitrogens with zero attached hydrogens (tertiary/aromatic N) is 3. The van der Waals surface area contributed by atoms with Crippen LogP contribution in [-0.4, -0.2) is 40.6 Å². The number of carbonyl (C=O) groups is 1. The molecule has 0 spiro atoms. The van der Waals surface area contributed by atoms with Crippen LogP contribution in [0.4, 0.5) is 0 Å². The van der Waals surface area contributed by atoms with Gasteiger partial charge in [-0.05, 0) is 24.5 Å². The van der Waals surface area contributed by atoms with Crippen LogP contribution < -0.4 is 5.32 Å². The van der Waals surface area contributed by atoms with Gasteiger partial charge in [0, 0.05) is 26.6 Å². The summed E-state index contributed by atoms with van der Waals surface area (Å²) in [5.41, 5.74) is 1.45. The maximum atomic E-state index is 12.5. The molecule has 6 nitrogen and oxygen atoms in total. The van der Waals surface area contributed by atoms with Gasteiger partial charge in [-0.3, -0.25) is 9.48 Å². The van der Waals surface area contributed by atoms with Crippen LogP contribution in [0.15, 0.2) is 35.6 Å². The first-order valence-electron chi connectivity index (χ1n) is 6.44. The lowest BCUT2D eigenvalue weighted by molar-refractivity contribution is 0.0888. The van der Waals surface area contributed by atoms with Crippen molar-refractivity contribution in [2.75, 3.05) is 20.0 Å². The second kappa shape index (κ2) is 7.24. The molecule has 2 rings (SSSR count). The van der Waals surface area contributed by atoms with Crippen LogP contribution in [-0.2, 0) is 11.8 Å². The predicted molar refractivity (Wildman–Crippen MR) is 81.3 cm³/mol. The third-order valence-electron chi connectivity index (χ3n) is 3.06. The Kier molecular flexibility index (Phi) is 5.35. The predicted octanol–water partition coefficient (Wildman–Crippen LogP) is 1.65. The molecule has 0 bridgehead atoms. The van der Waals surface area contributed by atoms with Crippen molar-refractivity contribution in [3.8, 4) is 0 Å². The standard InChI is InChI=1S/C14H18N4O2S/c1-18-12(6-8-16-18)11(9-20-2)17-13(19)10-5-4-7-15-14(10)21-3/h4-8,11H,9H2,1-3H3,(H,17,19)/t11-/m0/s1. The fraction of sp³-hybridized carbons (Fsp3) is 0.357. The van der Waals surface area contributed by atoms with Crippen LogP contribution in [0, 0.1) is 0 Å². The van der Waals surface area contributed by atoms with Crippen LogP contribution in [0.25, 0.3) is 0 Å². The van der Waals surface area contributed by atoms with E-state index in [1.807, 2.05) is 19.4 Å². The van der Waals surface area contributed by atoms with Gasteiger partial charge in [-0.1, -0.05) is 0 Å². The Morgan fingerprint density at radius 2 is 2.29 bits per heavy atom. The largest absolute Gasteiger partial charge is 0.382 e. The van der Waals surface area contributed by atoms with Gasteiger partial charge in [0.1, 0.15) is 5.03 Å². The van der Waals surface area contributed by atoms with E-state index in [4.69, 9.17) is 4.74 Å². The summed E-state index contributed by atoms with van der Waals surface area (Å²) in [5.74, 6) is -0.171. The molecule has 1 amide bonds. The van der Waals surface area contributed by atoms with E-state index in [0.717, 1.165) is 5.69 Å². The number of methoxy groups -OCH3 is 1. The zero-order chi connectivity index (χ0) is 15.2. The lowest BCUT2D eigenvalue weighted by atomic mass is 10.2. The molecule has 0 unspecified atom stereocenters. The van der Waals surface area contributed by atoms with Crippen LogP contribution >= 0.6 is 11.8 Å². The average Bonchev–Trinajstić information content (AvgIpc) is 2.92. The topological polar surface area (TPSA) is 69.0 Å². The number of thioether (sulfide) groups is 1. The molecule has 1 atom stereocenters. The van der Waals surface area contributed by atoms with E-state index >= 15 is 0 Å². The molecule has 2 heterocycles. The number of aromatic nitrogens is 3. The average molecular weight is 306 g/mol.